The summed E-state index contributed by atoms with van der Waals surface area (Å²) in [5.41, 5.74) is -0.145. The van der Waals surface area contributed by atoms with Crippen LogP contribution in [0.1, 0.15) is 36.9 Å². The van der Waals surface area contributed by atoms with Gasteiger partial charge in [0, 0.05) is 12.2 Å². The Labute approximate surface area is 168 Å². The first-order valence-electron chi connectivity index (χ1n) is 9.46. The second kappa shape index (κ2) is 8.56. The Balaban J connectivity index is 1.78. The number of amides is 1. The maximum absolute atomic E-state index is 13.3. The number of anilines is 1. The molecule has 1 amide bonds. The van der Waals surface area contributed by atoms with Crippen LogP contribution in [0.3, 0.4) is 0 Å². The minimum Gasteiger partial charge on any atom is -0.362 e. The molecule has 2 aromatic carbocycles. The molecule has 1 fully saturated rings. The van der Waals surface area contributed by atoms with Gasteiger partial charge in [0.2, 0.25) is 5.91 Å². The molecule has 4 nitrogen and oxygen atoms in total. The molecule has 0 aliphatic heterocycles. The van der Waals surface area contributed by atoms with Crippen LogP contribution in [0.2, 0.25) is 0 Å². The zero-order valence-corrected chi connectivity index (χ0v) is 16.0. The maximum atomic E-state index is 13.3. The van der Waals surface area contributed by atoms with E-state index in [2.05, 4.69) is 10.2 Å². The standard InChI is InChI=1S/C22H22F3N3O/c1-15(17-6-4-3-5-7-17)27-21(29)14-28(13-16-8-9-16)18-10-11-20(26-2)19(12-18)22(23,24)25/h3-7,10-12,15-16H,8-9,13-14H2,1H3,(H,27,29)/t15-/m0/s1. The molecule has 1 aliphatic carbocycles. The molecule has 1 aliphatic rings. The van der Waals surface area contributed by atoms with Crippen LogP contribution >= 0.6 is 0 Å². The van der Waals surface area contributed by atoms with Crippen LogP contribution in [0, 0.1) is 12.5 Å². The van der Waals surface area contributed by atoms with Gasteiger partial charge in [0.15, 0.2) is 5.69 Å². The Hall–Kier alpha value is -3.01. The van der Waals surface area contributed by atoms with Crippen LogP contribution in [0.5, 0.6) is 0 Å². The van der Waals surface area contributed by atoms with Gasteiger partial charge in [-0.25, -0.2) is 4.85 Å². The fourth-order valence-electron chi connectivity index (χ4n) is 3.20. The van der Waals surface area contributed by atoms with Crippen molar-refractivity contribution in [3.63, 3.8) is 0 Å². The molecule has 1 saturated carbocycles. The number of nitrogens with zero attached hydrogens (tertiary/aromatic N) is 2. The number of alkyl halides is 3. The van der Waals surface area contributed by atoms with Gasteiger partial charge in [-0.3, -0.25) is 4.79 Å². The quantitative estimate of drug-likeness (QED) is 0.635. The summed E-state index contributed by atoms with van der Waals surface area (Å²) >= 11 is 0. The predicted molar refractivity (Wildman–Crippen MR) is 106 cm³/mol. The molecule has 0 unspecified atom stereocenters. The summed E-state index contributed by atoms with van der Waals surface area (Å²) in [6.45, 7) is 9.33. The molecule has 0 spiro atoms. The molecule has 0 saturated heterocycles. The SMILES string of the molecule is [C-]#[N+]c1ccc(N(CC(=O)N[C@@H](C)c2ccccc2)CC2CC2)cc1C(F)(F)F. The number of carbonyl (C=O) groups is 1. The molecule has 152 valence electrons. The van der Waals surface area contributed by atoms with Crippen molar-refractivity contribution in [2.24, 2.45) is 5.92 Å². The van der Waals surface area contributed by atoms with Gasteiger partial charge >= 0.3 is 6.18 Å². The largest absolute Gasteiger partial charge is 0.407 e. The number of hydrogen-bond donors (Lipinski definition) is 1. The number of nitrogens with one attached hydrogen (secondary N) is 1. The van der Waals surface area contributed by atoms with E-state index in [-0.39, 0.29) is 18.5 Å². The summed E-state index contributed by atoms with van der Waals surface area (Å²) in [6, 6.07) is 12.9. The third-order valence-corrected chi connectivity index (χ3v) is 4.96. The third-order valence-electron chi connectivity index (χ3n) is 4.96. The number of benzene rings is 2. The third kappa shape index (κ3) is 5.50. The zero-order valence-electron chi connectivity index (χ0n) is 16.0. The van der Waals surface area contributed by atoms with E-state index in [0.29, 0.717) is 18.2 Å². The molecular formula is C22H22F3N3O. The maximum Gasteiger partial charge on any atom is 0.407 e. The van der Waals surface area contributed by atoms with Gasteiger partial charge in [0.05, 0.1) is 24.7 Å². The van der Waals surface area contributed by atoms with E-state index < -0.39 is 17.4 Å². The van der Waals surface area contributed by atoms with Gasteiger partial charge in [0.25, 0.3) is 0 Å². The number of carbonyl (C=O) groups excluding carboxylic acids is 1. The lowest BCUT2D eigenvalue weighted by Crippen LogP contribution is -2.39. The lowest BCUT2D eigenvalue weighted by atomic mass is 10.1. The molecule has 1 atom stereocenters. The average molecular weight is 401 g/mol. The van der Waals surface area contributed by atoms with Crippen LogP contribution in [0.4, 0.5) is 24.5 Å². The first-order chi connectivity index (χ1) is 13.8. The van der Waals surface area contributed by atoms with Crippen molar-refractivity contribution >= 4 is 17.3 Å². The van der Waals surface area contributed by atoms with Gasteiger partial charge in [-0.05, 0) is 43.4 Å². The molecule has 1 N–H and O–H groups in total. The molecule has 7 heteroatoms. The van der Waals surface area contributed by atoms with Crippen molar-refractivity contribution in [2.75, 3.05) is 18.0 Å². The van der Waals surface area contributed by atoms with E-state index in [1.165, 1.54) is 12.1 Å². The highest BCUT2D eigenvalue weighted by Gasteiger charge is 2.34. The topological polar surface area (TPSA) is 36.7 Å². The molecular weight excluding hydrogens is 379 g/mol. The lowest BCUT2D eigenvalue weighted by Gasteiger charge is -2.26. The van der Waals surface area contributed by atoms with Crippen LogP contribution in [0.25, 0.3) is 4.85 Å². The minimum atomic E-state index is -4.62. The Morgan fingerprint density at radius 3 is 2.52 bits per heavy atom. The van der Waals surface area contributed by atoms with Gasteiger partial charge < -0.3 is 10.2 Å². The highest BCUT2D eigenvalue weighted by atomic mass is 19.4. The van der Waals surface area contributed by atoms with Crippen LogP contribution < -0.4 is 10.2 Å². The van der Waals surface area contributed by atoms with Crippen molar-refractivity contribution in [1.82, 2.24) is 5.32 Å². The second-order valence-corrected chi connectivity index (χ2v) is 7.33. The molecule has 0 bridgehead atoms. The van der Waals surface area contributed by atoms with Gasteiger partial charge in [-0.2, -0.15) is 13.2 Å². The van der Waals surface area contributed by atoms with Crippen LogP contribution in [-0.4, -0.2) is 19.0 Å². The average Bonchev–Trinajstić information content (AvgIpc) is 3.51. The van der Waals surface area contributed by atoms with Crippen molar-refractivity contribution in [2.45, 2.75) is 32.0 Å². The number of hydrogen-bond acceptors (Lipinski definition) is 2. The highest BCUT2D eigenvalue weighted by Crippen LogP contribution is 2.39. The monoisotopic (exact) mass is 401 g/mol. The fourth-order valence-corrected chi connectivity index (χ4v) is 3.20. The van der Waals surface area contributed by atoms with E-state index in [1.54, 1.807) is 4.90 Å². The minimum absolute atomic E-state index is 0.0393. The first kappa shape index (κ1) is 20.7. The molecule has 0 heterocycles. The van der Waals surface area contributed by atoms with Crippen LogP contribution in [0.15, 0.2) is 48.5 Å². The van der Waals surface area contributed by atoms with E-state index in [9.17, 15) is 18.0 Å². The van der Waals surface area contributed by atoms with E-state index >= 15 is 0 Å². The lowest BCUT2D eigenvalue weighted by molar-refractivity contribution is -0.136. The van der Waals surface area contributed by atoms with Gasteiger partial charge in [-0.15, -0.1) is 0 Å². The van der Waals surface area contributed by atoms with Crippen molar-refractivity contribution in [3.05, 3.63) is 71.1 Å². The van der Waals surface area contributed by atoms with Crippen LogP contribution in [-0.2, 0) is 11.0 Å². The smallest absolute Gasteiger partial charge is 0.362 e. The summed E-state index contributed by atoms with van der Waals surface area (Å²) in [4.78, 5) is 17.2. The normalized spacial score (nSPS) is 14.7. The summed E-state index contributed by atoms with van der Waals surface area (Å²) < 4.78 is 40.0. The van der Waals surface area contributed by atoms with E-state index in [1.807, 2.05) is 37.3 Å². The Morgan fingerprint density at radius 1 is 1.24 bits per heavy atom. The summed E-state index contributed by atoms with van der Waals surface area (Å²) in [6.07, 6.45) is -2.61. The fraction of sp³-hybridized carbons (Fsp3) is 0.364. The van der Waals surface area contributed by atoms with Crippen molar-refractivity contribution < 1.29 is 18.0 Å². The molecule has 0 radical (unpaired) electrons. The Bertz CT molecular complexity index is 902. The van der Waals surface area contributed by atoms with Crippen molar-refractivity contribution in [1.29, 1.82) is 0 Å². The summed E-state index contributed by atoms with van der Waals surface area (Å²) in [5.74, 6) is 0.119. The Kier molecular flexibility index (Phi) is 6.12. The van der Waals surface area contributed by atoms with Gasteiger partial charge in [0.1, 0.15) is 0 Å². The Morgan fingerprint density at radius 2 is 1.93 bits per heavy atom. The molecule has 2 aromatic rings. The summed E-state index contributed by atoms with van der Waals surface area (Å²) in [7, 11) is 0. The first-order valence-corrected chi connectivity index (χ1v) is 9.46. The highest BCUT2D eigenvalue weighted by molar-refractivity contribution is 5.82. The van der Waals surface area contributed by atoms with Gasteiger partial charge in [-0.1, -0.05) is 36.4 Å². The number of halogens is 3. The molecule has 29 heavy (non-hydrogen) atoms. The summed E-state index contributed by atoms with van der Waals surface area (Å²) in [5, 5.41) is 2.91. The second-order valence-electron chi connectivity index (χ2n) is 7.33. The zero-order chi connectivity index (χ0) is 21.0. The van der Waals surface area contributed by atoms with E-state index in [4.69, 9.17) is 6.57 Å². The predicted octanol–water partition coefficient (Wildman–Crippen LogP) is 5.35. The van der Waals surface area contributed by atoms with E-state index in [0.717, 1.165) is 24.5 Å². The number of rotatable bonds is 7. The van der Waals surface area contributed by atoms with Crippen molar-refractivity contribution in [3.8, 4) is 0 Å². The molecule has 0 aromatic heterocycles. The molecule has 3 rings (SSSR count).